The number of benzene rings is 9. The van der Waals surface area contributed by atoms with Gasteiger partial charge in [0.15, 0.2) is 0 Å². The van der Waals surface area contributed by atoms with Crippen LogP contribution >= 0.6 is 0 Å². The normalized spacial score (nSPS) is 12.0. The number of aromatic nitrogens is 6. The lowest BCUT2D eigenvalue weighted by Crippen LogP contribution is -2.10. The second-order valence-corrected chi connectivity index (χ2v) is 26.7. The molecule has 0 spiro atoms. The zero-order valence-corrected chi connectivity index (χ0v) is 52.5. The predicted octanol–water partition coefficient (Wildman–Crippen LogP) is 18.4. The molecule has 456 valence electrons. The van der Waals surface area contributed by atoms with Crippen LogP contribution in [0.25, 0.3) is 66.5 Å². The number of H-pyrrole nitrogens is 3. The Kier molecular flexibility index (Phi) is 18.8. The smallest absolute Gasteiger partial charge is 0.416 e. The lowest BCUT2D eigenvalue weighted by atomic mass is 9.86. The third-order valence-corrected chi connectivity index (χ3v) is 16.4. The standard InChI is InChI=1S/C27H30N2.C25H26N2O.C23H20F3N3O2S/c1-19-7-5-9-21(17-19)22-13-16-24-25(18-22)29-26(28-24)10-6-8-20-11-14-23(15-12-20)27(2,3)4;1-25(2,3)19-12-8-17(9-13-19)10-15-24-26-21-14-11-18(16-22(21)27-24)20-6-4-5-7-23(20)28;1-32(30,31)29-19-5-3-2-4-18(19)16-9-12-20-21(14-16)28-22(27-20)13-8-15-6-10-17(11-7-15)23(24,25)26/h5,7,9,11-18H,6,8,10H2,1-4H3,(H,28,29);4-9,11-14,16,28H,10,15H2,1-3H3,(H,26,27);2-7,9-12,14,29H,8,13H2,1H3,(H,27,28). The summed E-state index contributed by atoms with van der Waals surface area (Å²) in [6, 6.07) is 64.4. The van der Waals surface area contributed by atoms with E-state index in [1.165, 1.54) is 51.1 Å². The Bertz CT molecular complexity index is 4500. The summed E-state index contributed by atoms with van der Waals surface area (Å²) < 4.78 is 64.0. The van der Waals surface area contributed by atoms with Crippen molar-refractivity contribution in [2.24, 2.45) is 0 Å². The molecule has 12 aromatic rings. The molecule has 0 aliphatic carbocycles. The number of imidazole rings is 3. The fraction of sp³-hybridized carbons (Fsp3) is 0.240. The maximum absolute atomic E-state index is 12.7. The molecule has 14 heteroatoms. The lowest BCUT2D eigenvalue weighted by Gasteiger charge is -2.19. The molecule has 89 heavy (non-hydrogen) atoms. The minimum Gasteiger partial charge on any atom is -0.507 e. The Morgan fingerprint density at radius 1 is 0.438 bits per heavy atom. The third-order valence-electron chi connectivity index (χ3n) is 15.8. The quantitative estimate of drug-likeness (QED) is 0.0689. The van der Waals surface area contributed by atoms with Crippen molar-refractivity contribution in [1.82, 2.24) is 29.9 Å². The first-order chi connectivity index (χ1) is 42.4. The number of alkyl halides is 3. The fourth-order valence-electron chi connectivity index (χ4n) is 10.8. The van der Waals surface area contributed by atoms with Gasteiger partial charge in [-0.15, -0.1) is 0 Å². The van der Waals surface area contributed by atoms with E-state index in [9.17, 15) is 26.7 Å². The highest BCUT2D eigenvalue weighted by atomic mass is 32.2. The van der Waals surface area contributed by atoms with Gasteiger partial charge < -0.3 is 20.1 Å². The molecule has 0 atom stereocenters. The van der Waals surface area contributed by atoms with Crippen molar-refractivity contribution in [2.75, 3.05) is 11.0 Å². The Balaban J connectivity index is 0.000000147. The first kappa shape index (κ1) is 62.8. The number of hydrogen-bond acceptors (Lipinski definition) is 6. The van der Waals surface area contributed by atoms with Crippen molar-refractivity contribution in [3.8, 4) is 39.1 Å². The summed E-state index contributed by atoms with van der Waals surface area (Å²) in [7, 11) is -3.42. The maximum Gasteiger partial charge on any atom is 0.416 e. The lowest BCUT2D eigenvalue weighted by molar-refractivity contribution is -0.137. The molecule has 0 bridgehead atoms. The summed E-state index contributed by atoms with van der Waals surface area (Å²) in [5.41, 5.74) is 19.3. The van der Waals surface area contributed by atoms with Gasteiger partial charge in [0.1, 0.15) is 23.2 Å². The SMILES string of the molecule is CC(C)(C)c1ccc(CCc2nc3ccc(-c4ccccc4O)cc3[nH]2)cc1.CS(=O)(=O)Nc1ccccc1-c1ccc2nc(CCc3ccc(C(F)(F)F)cc3)[nH]c2c1.Cc1cccc(-c2ccc3nc(CCCc4ccc(C(C)(C)C)cc4)[nH]c3c2)c1. The summed E-state index contributed by atoms with van der Waals surface area (Å²) in [6.07, 6.45) is 2.82. The van der Waals surface area contributed by atoms with Gasteiger partial charge in [0, 0.05) is 30.4 Å². The second kappa shape index (κ2) is 26.6. The number of rotatable bonds is 15. The summed E-state index contributed by atoms with van der Waals surface area (Å²) in [5, 5.41) is 10.1. The highest BCUT2D eigenvalue weighted by Crippen LogP contribution is 2.34. The fourth-order valence-corrected chi connectivity index (χ4v) is 11.4. The van der Waals surface area contributed by atoms with Crippen LogP contribution in [0, 0.1) is 6.92 Å². The van der Waals surface area contributed by atoms with E-state index in [1.54, 1.807) is 18.2 Å². The molecule has 0 fully saturated rings. The molecule has 3 heterocycles. The van der Waals surface area contributed by atoms with Gasteiger partial charge in [-0.25, -0.2) is 23.4 Å². The van der Waals surface area contributed by atoms with E-state index < -0.39 is 21.8 Å². The Morgan fingerprint density at radius 3 is 1.33 bits per heavy atom. The molecule has 5 N–H and O–H groups in total. The summed E-state index contributed by atoms with van der Waals surface area (Å²) in [4.78, 5) is 24.3. The number of hydrogen-bond donors (Lipinski definition) is 5. The molecule has 0 unspecified atom stereocenters. The molecule has 9 aromatic carbocycles. The zero-order valence-electron chi connectivity index (χ0n) is 51.6. The second-order valence-electron chi connectivity index (χ2n) is 25.0. The Labute approximate surface area is 519 Å². The van der Waals surface area contributed by atoms with Gasteiger partial charge in [0.2, 0.25) is 10.0 Å². The number of sulfonamides is 1. The van der Waals surface area contributed by atoms with Gasteiger partial charge in [-0.1, -0.05) is 187 Å². The van der Waals surface area contributed by atoms with Gasteiger partial charge >= 0.3 is 6.18 Å². The van der Waals surface area contributed by atoms with Crippen molar-refractivity contribution in [3.05, 3.63) is 257 Å². The minimum atomic E-state index is -4.34. The average molecular weight is 1210 g/mol. The molecule has 0 saturated carbocycles. The number of halogens is 3. The van der Waals surface area contributed by atoms with Crippen LogP contribution in [0.5, 0.6) is 5.75 Å². The van der Waals surface area contributed by atoms with E-state index in [1.807, 2.05) is 60.7 Å². The van der Waals surface area contributed by atoms with Gasteiger partial charge in [-0.2, -0.15) is 13.2 Å². The Morgan fingerprint density at radius 2 is 0.854 bits per heavy atom. The zero-order chi connectivity index (χ0) is 63.1. The van der Waals surface area contributed by atoms with Crippen LogP contribution in [-0.4, -0.2) is 49.7 Å². The van der Waals surface area contributed by atoms with Gasteiger partial charge in [-0.05, 0) is 154 Å². The first-order valence-electron chi connectivity index (χ1n) is 30.1. The topological polar surface area (TPSA) is 152 Å². The van der Waals surface area contributed by atoms with E-state index in [2.05, 4.69) is 170 Å². The largest absolute Gasteiger partial charge is 0.507 e. The molecule has 3 aromatic heterocycles. The van der Waals surface area contributed by atoms with Crippen molar-refractivity contribution in [2.45, 2.75) is 110 Å². The number of aromatic amines is 3. The summed E-state index contributed by atoms with van der Waals surface area (Å²) >= 11 is 0. The van der Waals surface area contributed by atoms with Crippen LogP contribution in [0.15, 0.2) is 200 Å². The Hall–Kier alpha value is -9.27. The number of aromatic hydroxyl groups is 1. The number of nitrogens with one attached hydrogen (secondary N) is 4. The average Bonchev–Trinajstić information content (AvgIpc) is 3.88. The van der Waals surface area contributed by atoms with E-state index in [0.717, 1.165) is 129 Å². The molecule has 0 aliphatic rings. The highest BCUT2D eigenvalue weighted by Gasteiger charge is 2.30. The van der Waals surface area contributed by atoms with E-state index in [0.29, 0.717) is 24.3 Å². The van der Waals surface area contributed by atoms with Crippen molar-refractivity contribution in [1.29, 1.82) is 0 Å². The van der Waals surface area contributed by atoms with Crippen LogP contribution in [-0.2, 0) is 65.6 Å². The van der Waals surface area contributed by atoms with Crippen LogP contribution < -0.4 is 4.72 Å². The van der Waals surface area contributed by atoms with Gasteiger partial charge in [0.25, 0.3) is 0 Å². The molecule has 10 nitrogen and oxygen atoms in total. The molecule has 0 amide bonds. The third kappa shape index (κ3) is 16.7. The highest BCUT2D eigenvalue weighted by molar-refractivity contribution is 7.92. The number of para-hydroxylation sites is 2. The van der Waals surface area contributed by atoms with Gasteiger partial charge in [-0.3, -0.25) is 4.72 Å². The number of nitrogens with zero attached hydrogens (tertiary/aromatic N) is 3. The number of fused-ring (bicyclic) bond motifs is 3. The molecule has 0 saturated heterocycles. The number of phenolic OH excluding ortho intramolecular Hbond substituents is 1. The predicted molar refractivity (Wildman–Crippen MR) is 358 cm³/mol. The summed E-state index contributed by atoms with van der Waals surface area (Å²) in [5.74, 6) is 3.08. The van der Waals surface area contributed by atoms with E-state index in [4.69, 9.17) is 9.97 Å². The first-order valence-corrected chi connectivity index (χ1v) is 32.0. The van der Waals surface area contributed by atoms with E-state index >= 15 is 0 Å². The molecule has 0 radical (unpaired) electrons. The van der Waals surface area contributed by atoms with Crippen molar-refractivity contribution in [3.63, 3.8) is 0 Å². The van der Waals surface area contributed by atoms with Crippen LogP contribution in [0.2, 0.25) is 0 Å². The molecular weight excluding hydrogens is 1140 g/mol. The van der Waals surface area contributed by atoms with Crippen LogP contribution in [0.3, 0.4) is 0 Å². The van der Waals surface area contributed by atoms with Crippen LogP contribution in [0.1, 0.15) is 104 Å². The molecule has 12 rings (SSSR count). The van der Waals surface area contributed by atoms with Crippen molar-refractivity contribution < 1.29 is 26.7 Å². The van der Waals surface area contributed by atoms with E-state index in [-0.39, 0.29) is 10.8 Å². The van der Waals surface area contributed by atoms with Crippen molar-refractivity contribution >= 4 is 48.8 Å². The number of anilines is 1. The minimum absolute atomic E-state index is 0.183. The molecule has 0 aliphatic heterocycles. The monoisotopic (exact) mass is 1210 g/mol. The van der Waals surface area contributed by atoms with Gasteiger partial charge in [0.05, 0.1) is 50.6 Å². The number of phenols is 1. The number of aryl methyl sites for hydroxylation is 7. The molecular formula is C75H76F3N7O3S. The summed E-state index contributed by atoms with van der Waals surface area (Å²) in [6.45, 7) is 15.6. The van der Waals surface area contributed by atoms with Crippen LogP contribution in [0.4, 0.5) is 18.9 Å². The maximum atomic E-state index is 12.7.